The Bertz CT molecular complexity index is 999. The van der Waals surface area contributed by atoms with E-state index in [9.17, 15) is 9.59 Å². The average molecular weight is 431 g/mol. The van der Waals surface area contributed by atoms with Crippen molar-refractivity contribution >= 4 is 39.2 Å². The smallest absolute Gasteiger partial charge is 0.294 e. The maximum atomic E-state index is 12.7. The molecule has 8 nitrogen and oxygen atoms in total. The number of amides is 2. The van der Waals surface area contributed by atoms with Crippen molar-refractivity contribution in [3.8, 4) is 0 Å². The number of rotatable bonds is 5. The number of aryl methyl sites for hydroxylation is 2. The van der Waals surface area contributed by atoms with Crippen LogP contribution in [-0.4, -0.2) is 49.4 Å². The topological polar surface area (TPSA) is 92.5 Å². The summed E-state index contributed by atoms with van der Waals surface area (Å²) in [5.41, 5.74) is 2.29. The zero-order valence-electron chi connectivity index (χ0n) is 15.2. The number of carbonyl (C=O) groups is 2. The van der Waals surface area contributed by atoms with Crippen molar-refractivity contribution in [3.05, 3.63) is 52.0 Å². The van der Waals surface area contributed by atoms with Gasteiger partial charge in [-0.05, 0) is 51.1 Å². The van der Waals surface area contributed by atoms with Gasteiger partial charge < -0.3 is 10.2 Å². The van der Waals surface area contributed by atoms with E-state index in [0.717, 1.165) is 15.9 Å². The summed E-state index contributed by atoms with van der Waals surface area (Å²) < 4.78 is 2.44. The zero-order chi connectivity index (χ0) is 19.6. The Morgan fingerprint density at radius 2 is 1.89 bits per heavy atom. The van der Waals surface area contributed by atoms with E-state index in [0.29, 0.717) is 18.0 Å². The highest BCUT2D eigenvalue weighted by atomic mass is 79.9. The Balaban J connectivity index is 1.74. The van der Waals surface area contributed by atoms with Crippen LogP contribution in [0.4, 0.5) is 5.69 Å². The summed E-state index contributed by atoms with van der Waals surface area (Å²) in [5, 5.41) is 7.01. The normalized spacial score (nSPS) is 10.8. The lowest BCUT2D eigenvalue weighted by Gasteiger charge is -2.18. The lowest BCUT2D eigenvalue weighted by molar-refractivity contribution is -0.116. The number of anilines is 1. The summed E-state index contributed by atoms with van der Waals surface area (Å²) in [7, 11) is 0. The molecule has 0 saturated carbocycles. The van der Waals surface area contributed by atoms with Gasteiger partial charge in [0.05, 0.1) is 0 Å². The number of hydrogen-bond acceptors (Lipinski definition) is 5. The molecule has 0 spiro atoms. The third-order valence-corrected chi connectivity index (χ3v) is 4.47. The second-order valence-corrected chi connectivity index (χ2v) is 6.98. The van der Waals surface area contributed by atoms with Crippen molar-refractivity contribution < 1.29 is 9.59 Å². The number of fused-ring (bicyclic) bond motifs is 1. The Morgan fingerprint density at radius 3 is 2.56 bits per heavy atom. The molecule has 9 heteroatoms. The van der Waals surface area contributed by atoms with Crippen LogP contribution >= 0.6 is 15.9 Å². The Hall–Kier alpha value is -2.81. The van der Waals surface area contributed by atoms with Crippen LogP contribution in [0.3, 0.4) is 0 Å². The standard InChI is InChI=1S/C18H19BrN6O2/c1-4-24(10-15(26)21-14-7-5-13(19)6-8-14)17(27)16-22-18-20-11(2)9-12(3)25(18)23-16/h5-9H,4,10H2,1-3H3,(H,21,26). The first-order valence-corrected chi connectivity index (χ1v) is 9.22. The van der Waals surface area contributed by atoms with E-state index in [2.05, 4.69) is 36.3 Å². The van der Waals surface area contributed by atoms with Crippen molar-refractivity contribution in [1.29, 1.82) is 0 Å². The van der Waals surface area contributed by atoms with Crippen LogP contribution in [0.2, 0.25) is 0 Å². The van der Waals surface area contributed by atoms with Crippen molar-refractivity contribution in [2.75, 3.05) is 18.4 Å². The van der Waals surface area contributed by atoms with Crippen molar-refractivity contribution in [2.24, 2.45) is 0 Å². The van der Waals surface area contributed by atoms with Gasteiger partial charge in [0.15, 0.2) is 0 Å². The summed E-state index contributed by atoms with van der Waals surface area (Å²) in [5.74, 6) is -0.312. The molecule has 140 valence electrons. The molecule has 0 bridgehead atoms. The van der Waals surface area contributed by atoms with Crippen LogP contribution in [0.1, 0.15) is 28.9 Å². The molecule has 1 aromatic carbocycles. The number of halogens is 1. The molecule has 0 aliphatic heterocycles. The molecule has 2 heterocycles. The average Bonchev–Trinajstić information content (AvgIpc) is 3.05. The Labute approximate surface area is 164 Å². The molecule has 2 amide bonds. The summed E-state index contributed by atoms with van der Waals surface area (Å²) in [6.07, 6.45) is 0. The summed E-state index contributed by atoms with van der Waals surface area (Å²) in [4.78, 5) is 34.9. The van der Waals surface area contributed by atoms with Crippen molar-refractivity contribution in [3.63, 3.8) is 0 Å². The van der Waals surface area contributed by atoms with Gasteiger partial charge in [-0.2, -0.15) is 4.98 Å². The van der Waals surface area contributed by atoms with Gasteiger partial charge >= 0.3 is 0 Å². The number of nitrogens with zero attached hydrogens (tertiary/aromatic N) is 5. The predicted octanol–water partition coefficient (Wildman–Crippen LogP) is 2.60. The van der Waals surface area contributed by atoms with Gasteiger partial charge in [-0.25, -0.2) is 9.50 Å². The quantitative estimate of drug-likeness (QED) is 0.671. The fourth-order valence-electron chi connectivity index (χ4n) is 2.63. The highest BCUT2D eigenvalue weighted by molar-refractivity contribution is 9.10. The number of hydrogen-bond donors (Lipinski definition) is 1. The molecule has 0 aliphatic rings. The fourth-order valence-corrected chi connectivity index (χ4v) is 2.90. The highest BCUT2D eigenvalue weighted by Gasteiger charge is 2.22. The van der Waals surface area contributed by atoms with Crippen LogP contribution in [0.25, 0.3) is 5.78 Å². The monoisotopic (exact) mass is 430 g/mol. The largest absolute Gasteiger partial charge is 0.327 e. The molecule has 1 N–H and O–H groups in total. The SMILES string of the molecule is CCN(CC(=O)Nc1ccc(Br)cc1)C(=O)c1nc2nc(C)cc(C)n2n1. The number of likely N-dealkylation sites (N-methyl/N-ethyl adjacent to an activating group) is 1. The van der Waals surface area contributed by atoms with Crippen LogP contribution in [0, 0.1) is 13.8 Å². The lowest BCUT2D eigenvalue weighted by Crippen LogP contribution is -2.38. The second-order valence-electron chi connectivity index (χ2n) is 6.06. The molecule has 0 aliphatic carbocycles. The third kappa shape index (κ3) is 4.30. The van der Waals surface area contributed by atoms with Crippen LogP contribution in [0.15, 0.2) is 34.8 Å². The van der Waals surface area contributed by atoms with Crippen molar-refractivity contribution in [2.45, 2.75) is 20.8 Å². The lowest BCUT2D eigenvalue weighted by atomic mass is 10.3. The molecule has 2 aromatic heterocycles. The van der Waals surface area contributed by atoms with Gasteiger partial charge in [0.2, 0.25) is 11.7 Å². The molecule has 0 unspecified atom stereocenters. The minimum Gasteiger partial charge on any atom is -0.327 e. The number of benzene rings is 1. The van der Waals surface area contributed by atoms with Gasteiger partial charge in [-0.3, -0.25) is 9.59 Å². The van der Waals surface area contributed by atoms with E-state index in [1.807, 2.05) is 32.0 Å². The summed E-state index contributed by atoms with van der Waals surface area (Å²) in [6.45, 7) is 5.79. The predicted molar refractivity (Wildman–Crippen MR) is 105 cm³/mol. The third-order valence-electron chi connectivity index (χ3n) is 3.94. The molecule has 3 rings (SSSR count). The molecule has 0 fully saturated rings. The minimum atomic E-state index is -0.411. The van der Waals surface area contributed by atoms with Gasteiger partial charge in [0.1, 0.15) is 6.54 Å². The van der Waals surface area contributed by atoms with E-state index >= 15 is 0 Å². The molecular formula is C18H19BrN6O2. The first-order chi connectivity index (χ1) is 12.9. The molecule has 3 aromatic rings. The second kappa shape index (κ2) is 7.83. The van der Waals surface area contributed by atoms with Crippen LogP contribution < -0.4 is 5.32 Å². The van der Waals surface area contributed by atoms with E-state index in [1.165, 1.54) is 9.42 Å². The molecule has 0 atom stereocenters. The fraction of sp³-hybridized carbons (Fsp3) is 0.278. The molecule has 0 saturated heterocycles. The molecular weight excluding hydrogens is 412 g/mol. The number of carbonyl (C=O) groups excluding carboxylic acids is 2. The number of nitrogens with one attached hydrogen (secondary N) is 1. The molecule has 0 radical (unpaired) electrons. The first-order valence-electron chi connectivity index (χ1n) is 8.43. The zero-order valence-corrected chi connectivity index (χ0v) is 16.8. The van der Waals surface area contributed by atoms with Gasteiger partial charge in [0.25, 0.3) is 11.7 Å². The Morgan fingerprint density at radius 1 is 1.19 bits per heavy atom. The minimum absolute atomic E-state index is 0.0227. The Kier molecular flexibility index (Phi) is 5.50. The highest BCUT2D eigenvalue weighted by Crippen LogP contribution is 2.14. The maximum Gasteiger partial charge on any atom is 0.294 e. The first kappa shape index (κ1) is 19.0. The van der Waals surface area contributed by atoms with Crippen LogP contribution in [0.5, 0.6) is 0 Å². The van der Waals surface area contributed by atoms with E-state index < -0.39 is 5.91 Å². The summed E-state index contributed by atoms with van der Waals surface area (Å²) >= 11 is 3.35. The van der Waals surface area contributed by atoms with Crippen LogP contribution in [-0.2, 0) is 4.79 Å². The van der Waals surface area contributed by atoms with Gasteiger partial charge in [-0.15, -0.1) is 5.10 Å². The maximum absolute atomic E-state index is 12.7. The summed E-state index contributed by atoms with van der Waals surface area (Å²) in [6, 6.07) is 9.08. The van der Waals surface area contributed by atoms with E-state index in [1.54, 1.807) is 19.1 Å². The number of aromatic nitrogens is 4. The van der Waals surface area contributed by atoms with E-state index in [-0.39, 0.29) is 18.3 Å². The van der Waals surface area contributed by atoms with E-state index in [4.69, 9.17) is 0 Å². The van der Waals surface area contributed by atoms with Crippen molar-refractivity contribution in [1.82, 2.24) is 24.5 Å². The van der Waals surface area contributed by atoms with Gasteiger partial charge in [0, 0.05) is 28.1 Å². The molecule has 27 heavy (non-hydrogen) atoms. The van der Waals surface area contributed by atoms with Gasteiger partial charge in [-0.1, -0.05) is 15.9 Å².